The van der Waals surface area contributed by atoms with E-state index in [9.17, 15) is 9.90 Å². The Morgan fingerprint density at radius 2 is 1.81 bits per heavy atom. The third-order valence-corrected chi connectivity index (χ3v) is 5.26. The van der Waals surface area contributed by atoms with Crippen LogP contribution in [0, 0.1) is 10.8 Å². The Kier molecular flexibility index (Phi) is 2.77. The molecule has 1 aromatic heterocycles. The Morgan fingerprint density at radius 3 is 2.38 bits per heavy atom. The van der Waals surface area contributed by atoms with Gasteiger partial charge in [0.15, 0.2) is 5.69 Å². The van der Waals surface area contributed by atoms with Crippen LogP contribution in [0.3, 0.4) is 0 Å². The van der Waals surface area contributed by atoms with Gasteiger partial charge in [0.2, 0.25) is 0 Å². The highest BCUT2D eigenvalue weighted by atomic mass is 16.4. The zero-order chi connectivity index (χ0) is 15.4. The fourth-order valence-electron chi connectivity index (χ4n) is 3.11. The average molecular weight is 284 g/mol. The zero-order valence-corrected chi connectivity index (χ0v) is 12.8. The Bertz CT molecular complexity index is 721. The highest BCUT2D eigenvalue weighted by Gasteiger charge is 2.65. The van der Waals surface area contributed by atoms with Crippen LogP contribution in [0.1, 0.15) is 38.2 Å². The number of nitrogens with one attached hydrogen (secondary N) is 1. The van der Waals surface area contributed by atoms with Crippen LogP contribution in [-0.4, -0.2) is 22.1 Å². The Balaban J connectivity index is 2.08. The first kappa shape index (κ1) is 13.9. The fraction of sp³-hybridized carbons (Fsp3) is 0.412. The topological polar surface area (TPSA) is 62.2 Å². The molecule has 4 heteroatoms. The predicted molar refractivity (Wildman–Crippen MR) is 83.7 cm³/mol. The van der Waals surface area contributed by atoms with E-state index in [0.717, 1.165) is 10.8 Å². The van der Waals surface area contributed by atoms with Crippen molar-refractivity contribution >= 4 is 22.6 Å². The SMILES string of the molecule is CC1(C)C(Nc2nc(C(=O)O)cc3ccccc23)C1(C)C. The highest BCUT2D eigenvalue weighted by molar-refractivity contribution is 5.97. The summed E-state index contributed by atoms with van der Waals surface area (Å²) in [7, 11) is 0. The average Bonchev–Trinajstić information content (AvgIpc) is 2.80. The third-order valence-electron chi connectivity index (χ3n) is 5.26. The van der Waals surface area contributed by atoms with Gasteiger partial charge in [0.25, 0.3) is 0 Å². The number of hydrogen-bond donors (Lipinski definition) is 2. The number of carbonyl (C=O) groups is 1. The number of aromatic nitrogens is 1. The van der Waals surface area contributed by atoms with E-state index in [2.05, 4.69) is 38.0 Å². The van der Waals surface area contributed by atoms with Crippen molar-refractivity contribution in [2.24, 2.45) is 10.8 Å². The van der Waals surface area contributed by atoms with Crippen LogP contribution in [0.2, 0.25) is 0 Å². The largest absolute Gasteiger partial charge is 0.477 e. The third kappa shape index (κ3) is 1.97. The number of aromatic carboxylic acids is 1. The van der Waals surface area contributed by atoms with Crippen molar-refractivity contribution < 1.29 is 9.90 Å². The van der Waals surface area contributed by atoms with E-state index in [-0.39, 0.29) is 22.6 Å². The van der Waals surface area contributed by atoms with Gasteiger partial charge in [-0.15, -0.1) is 0 Å². The molecule has 2 N–H and O–H groups in total. The lowest BCUT2D eigenvalue weighted by Gasteiger charge is -2.11. The summed E-state index contributed by atoms with van der Waals surface area (Å²) < 4.78 is 0. The van der Waals surface area contributed by atoms with Gasteiger partial charge in [-0.25, -0.2) is 9.78 Å². The number of carboxylic acid groups (broad SMARTS) is 1. The van der Waals surface area contributed by atoms with Gasteiger partial charge < -0.3 is 10.4 Å². The van der Waals surface area contributed by atoms with Crippen molar-refractivity contribution in [1.29, 1.82) is 0 Å². The summed E-state index contributed by atoms with van der Waals surface area (Å²) in [6.07, 6.45) is 0. The number of carboxylic acids is 1. The van der Waals surface area contributed by atoms with Crippen molar-refractivity contribution in [3.63, 3.8) is 0 Å². The summed E-state index contributed by atoms with van der Waals surface area (Å²) in [4.78, 5) is 15.6. The molecule has 1 aromatic carbocycles. The molecule has 0 radical (unpaired) electrons. The molecule has 2 aromatic rings. The molecule has 0 unspecified atom stereocenters. The number of benzene rings is 1. The summed E-state index contributed by atoms with van der Waals surface area (Å²) in [6.45, 7) is 8.86. The quantitative estimate of drug-likeness (QED) is 0.900. The minimum Gasteiger partial charge on any atom is -0.477 e. The van der Waals surface area contributed by atoms with Crippen molar-refractivity contribution in [1.82, 2.24) is 4.98 Å². The first-order valence-electron chi connectivity index (χ1n) is 7.15. The molecule has 0 amide bonds. The Hall–Kier alpha value is -2.10. The van der Waals surface area contributed by atoms with Crippen molar-refractivity contribution in [2.75, 3.05) is 5.32 Å². The molecule has 0 bridgehead atoms. The van der Waals surface area contributed by atoms with Crippen LogP contribution in [0.25, 0.3) is 10.8 Å². The molecule has 1 fully saturated rings. The smallest absolute Gasteiger partial charge is 0.354 e. The summed E-state index contributed by atoms with van der Waals surface area (Å²) in [5.74, 6) is -0.340. The molecular weight excluding hydrogens is 264 g/mol. The van der Waals surface area contributed by atoms with Gasteiger partial charge >= 0.3 is 5.97 Å². The van der Waals surface area contributed by atoms with Gasteiger partial charge in [0, 0.05) is 11.4 Å². The number of anilines is 1. The number of hydrogen-bond acceptors (Lipinski definition) is 3. The first-order chi connectivity index (χ1) is 9.75. The van der Waals surface area contributed by atoms with Gasteiger partial charge in [-0.1, -0.05) is 52.0 Å². The lowest BCUT2D eigenvalue weighted by atomic mass is 10.0. The van der Waals surface area contributed by atoms with Crippen molar-refractivity contribution in [2.45, 2.75) is 33.7 Å². The molecule has 1 aliphatic carbocycles. The number of rotatable bonds is 3. The molecule has 0 spiro atoms. The minimum atomic E-state index is -1.00. The maximum atomic E-state index is 11.3. The molecule has 3 rings (SSSR count). The molecule has 1 aliphatic rings. The lowest BCUT2D eigenvalue weighted by molar-refractivity contribution is 0.0691. The monoisotopic (exact) mass is 284 g/mol. The summed E-state index contributed by atoms with van der Waals surface area (Å²) in [5, 5.41) is 14.5. The van der Waals surface area contributed by atoms with Crippen LogP contribution < -0.4 is 5.32 Å². The highest BCUT2D eigenvalue weighted by Crippen LogP contribution is 2.63. The predicted octanol–water partition coefficient (Wildman–Crippen LogP) is 3.78. The second-order valence-electron chi connectivity index (χ2n) is 6.90. The van der Waals surface area contributed by atoms with Gasteiger partial charge in [-0.05, 0) is 22.3 Å². The molecule has 21 heavy (non-hydrogen) atoms. The summed E-state index contributed by atoms with van der Waals surface area (Å²) in [5.41, 5.74) is 0.400. The van der Waals surface area contributed by atoms with E-state index < -0.39 is 5.97 Å². The normalized spacial score (nSPS) is 19.4. The summed E-state index contributed by atoms with van der Waals surface area (Å²) in [6, 6.07) is 9.63. The number of fused-ring (bicyclic) bond motifs is 1. The van der Waals surface area contributed by atoms with Crippen LogP contribution in [0.15, 0.2) is 30.3 Å². The molecule has 110 valence electrons. The van der Waals surface area contributed by atoms with Crippen LogP contribution in [0.4, 0.5) is 5.82 Å². The van der Waals surface area contributed by atoms with Crippen molar-refractivity contribution in [3.05, 3.63) is 36.0 Å². The van der Waals surface area contributed by atoms with Gasteiger partial charge in [0.05, 0.1) is 0 Å². The van der Waals surface area contributed by atoms with Gasteiger partial charge in [-0.3, -0.25) is 0 Å². The van der Waals surface area contributed by atoms with E-state index in [1.54, 1.807) is 6.07 Å². The number of nitrogens with zero attached hydrogens (tertiary/aromatic N) is 1. The Labute approximate surface area is 124 Å². The first-order valence-corrected chi connectivity index (χ1v) is 7.15. The van der Waals surface area contributed by atoms with E-state index >= 15 is 0 Å². The number of pyridine rings is 1. The second-order valence-corrected chi connectivity index (χ2v) is 6.90. The summed E-state index contributed by atoms with van der Waals surface area (Å²) >= 11 is 0. The molecular formula is C17H20N2O2. The maximum Gasteiger partial charge on any atom is 0.354 e. The van der Waals surface area contributed by atoms with E-state index in [4.69, 9.17) is 0 Å². The van der Waals surface area contributed by atoms with Crippen molar-refractivity contribution in [3.8, 4) is 0 Å². The second kappa shape index (κ2) is 4.20. The molecule has 1 heterocycles. The van der Waals surface area contributed by atoms with Crippen LogP contribution in [-0.2, 0) is 0 Å². The zero-order valence-electron chi connectivity index (χ0n) is 12.8. The molecule has 0 aliphatic heterocycles. The molecule has 1 saturated carbocycles. The molecule has 4 nitrogen and oxygen atoms in total. The molecule has 0 atom stereocenters. The van der Waals surface area contributed by atoms with Crippen LogP contribution in [0.5, 0.6) is 0 Å². The Morgan fingerprint density at radius 1 is 1.19 bits per heavy atom. The van der Waals surface area contributed by atoms with E-state index in [1.165, 1.54) is 0 Å². The standard InChI is InChI=1S/C17H20N2O2/c1-16(2)15(17(16,3)4)19-13-11-8-6-5-7-10(11)9-12(18-13)14(20)21/h5-9,15H,1-4H3,(H,18,19)(H,20,21). The molecule has 0 saturated heterocycles. The van der Waals surface area contributed by atoms with E-state index in [1.807, 2.05) is 24.3 Å². The maximum absolute atomic E-state index is 11.3. The van der Waals surface area contributed by atoms with E-state index in [0.29, 0.717) is 5.82 Å². The fourth-order valence-corrected chi connectivity index (χ4v) is 3.11. The lowest BCUT2D eigenvalue weighted by Crippen LogP contribution is -2.13. The minimum absolute atomic E-state index is 0.0764. The van der Waals surface area contributed by atoms with Gasteiger partial charge in [-0.2, -0.15) is 0 Å². The van der Waals surface area contributed by atoms with Crippen LogP contribution >= 0.6 is 0 Å². The van der Waals surface area contributed by atoms with Gasteiger partial charge in [0.1, 0.15) is 5.82 Å².